The predicted octanol–water partition coefficient (Wildman–Crippen LogP) is 3.18. The Morgan fingerprint density at radius 1 is 1.37 bits per heavy atom. The van der Waals surface area contributed by atoms with E-state index in [1.54, 1.807) is 23.5 Å². The summed E-state index contributed by atoms with van der Waals surface area (Å²) in [4.78, 5) is 4.47. The average Bonchev–Trinajstić information content (AvgIpc) is 2.87. The molecule has 0 aliphatic carbocycles. The molecule has 0 saturated heterocycles. The van der Waals surface area contributed by atoms with E-state index in [-0.39, 0.29) is 0 Å². The number of aryl methyl sites for hydroxylation is 1. The summed E-state index contributed by atoms with van der Waals surface area (Å²) in [6.45, 7) is 3.28. The van der Waals surface area contributed by atoms with Gasteiger partial charge < -0.3 is 10.4 Å². The van der Waals surface area contributed by atoms with E-state index in [2.05, 4.69) is 22.6 Å². The molecule has 19 heavy (non-hydrogen) atoms. The molecule has 0 aliphatic heterocycles. The van der Waals surface area contributed by atoms with E-state index in [4.69, 9.17) is 11.6 Å². The largest absolute Gasteiger partial charge is 0.387 e. The van der Waals surface area contributed by atoms with Crippen LogP contribution < -0.4 is 5.32 Å². The molecular formula is C14H17ClN2OS. The van der Waals surface area contributed by atoms with Crippen LogP contribution in [0.15, 0.2) is 29.6 Å². The molecule has 2 aromatic rings. The van der Waals surface area contributed by atoms with Crippen molar-refractivity contribution in [3.05, 3.63) is 50.9 Å². The number of thiazole rings is 1. The maximum atomic E-state index is 10.0. The average molecular weight is 297 g/mol. The third-order valence-electron chi connectivity index (χ3n) is 2.80. The summed E-state index contributed by atoms with van der Waals surface area (Å²) in [7, 11) is 0. The molecule has 1 unspecified atom stereocenters. The van der Waals surface area contributed by atoms with E-state index < -0.39 is 6.10 Å². The van der Waals surface area contributed by atoms with E-state index >= 15 is 0 Å². The Kier molecular flexibility index (Phi) is 5.34. The zero-order chi connectivity index (χ0) is 13.7. The van der Waals surface area contributed by atoms with Gasteiger partial charge in [-0.3, -0.25) is 0 Å². The first-order valence-corrected chi connectivity index (χ1v) is 7.52. The summed E-state index contributed by atoms with van der Waals surface area (Å²) in [5.41, 5.74) is 1.90. The second-order valence-electron chi connectivity index (χ2n) is 4.28. The van der Waals surface area contributed by atoms with Gasteiger partial charge in [-0.25, -0.2) is 4.98 Å². The van der Waals surface area contributed by atoms with Crippen LogP contribution in [-0.4, -0.2) is 16.6 Å². The van der Waals surface area contributed by atoms with Crippen molar-refractivity contribution < 1.29 is 5.11 Å². The third-order valence-corrected chi connectivity index (χ3v) is 4.09. The molecule has 0 saturated carbocycles. The van der Waals surface area contributed by atoms with Crippen molar-refractivity contribution in [3.63, 3.8) is 0 Å². The van der Waals surface area contributed by atoms with Gasteiger partial charge in [-0.2, -0.15) is 0 Å². The highest BCUT2D eigenvalue weighted by Crippen LogP contribution is 2.16. The maximum absolute atomic E-state index is 10.0. The van der Waals surface area contributed by atoms with E-state index in [0.717, 1.165) is 22.7 Å². The van der Waals surface area contributed by atoms with Crippen LogP contribution in [0.25, 0.3) is 0 Å². The van der Waals surface area contributed by atoms with E-state index in [0.29, 0.717) is 18.1 Å². The number of aromatic nitrogens is 1. The molecule has 1 heterocycles. The number of hydrogen-bond donors (Lipinski definition) is 2. The molecule has 0 aliphatic rings. The lowest BCUT2D eigenvalue weighted by atomic mass is 10.1. The van der Waals surface area contributed by atoms with Crippen molar-refractivity contribution in [1.82, 2.24) is 10.3 Å². The number of benzene rings is 1. The first kappa shape index (κ1) is 14.5. The van der Waals surface area contributed by atoms with Crippen LogP contribution in [0.5, 0.6) is 0 Å². The number of hydrogen-bond acceptors (Lipinski definition) is 4. The van der Waals surface area contributed by atoms with Gasteiger partial charge in [-0.1, -0.05) is 30.7 Å². The molecule has 3 nitrogen and oxygen atoms in total. The lowest BCUT2D eigenvalue weighted by Gasteiger charge is -2.11. The quantitative estimate of drug-likeness (QED) is 0.860. The summed E-state index contributed by atoms with van der Waals surface area (Å²) in [6.07, 6.45) is 0.444. The van der Waals surface area contributed by atoms with Gasteiger partial charge in [-0.15, -0.1) is 11.3 Å². The monoisotopic (exact) mass is 296 g/mol. The first-order valence-electron chi connectivity index (χ1n) is 6.26. The van der Waals surface area contributed by atoms with Gasteiger partial charge in [0.25, 0.3) is 0 Å². The minimum absolute atomic E-state index is 0.501. The SMILES string of the molecule is CCc1nc(CNCC(O)c2ccc(Cl)cc2)cs1. The number of aliphatic hydroxyl groups is 1. The van der Waals surface area contributed by atoms with Crippen molar-refractivity contribution >= 4 is 22.9 Å². The third kappa shape index (κ3) is 4.28. The van der Waals surface area contributed by atoms with Crippen molar-refractivity contribution in [2.24, 2.45) is 0 Å². The maximum Gasteiger partial charge on any atom is 0.0926 e. The topological polar surface area (TPSA) is 45.2 Å². The van der Waals surface area contributed by atoms with Crippen LogP contribution in [0.2, 0.25) is 5.02 Å². The van der Waals surface area contributed by atoms with Gasteiger partial charge in [0, 0.05) is 23.5 Å². The van der Waals surface area contributed by atoms with Crippen molar-refractivity contribution in [1.29, 1.82) is 0 Å². The van der Waals surface area contributed by atoms with Gasteiger partial charge in [0.2, 0.25) is 0 Å². The van der Waals surface area contributed by atoms with Gasteiger partial charge in [0.1, 0.15) is 0 Å². The molecule has 2 N–H and O–H groups in total. The highest BCUT2D eigenvalue weighted by Gasteiger charge is 2.07. The molecule has 0 radical (unpaired) electrons. The summed E-state index contributed by atoms with van der Waals surface area (Å²) in [6, 6.07) is 7.25. The summed E-state index contributed by atoms with van der Waals surface area (Å²) in [5, 5.41) is 17.1. The summed E-state index contributed by atoms with van der Waals surface area (Å²) in [5.74, 6) is 0. The molecule has 1 aromatic heterocycles. The van der Waals surface area contributed by atoms with Gasteiger partial charge in [0.05, 0.1) is 16.8 Å². The van der Waals surface area contributed by atoms with Gasteiger partial charge >= 0.3 is 0 Å². The van der Waals surface area contributed by atoms with E-state index in [1.807, 2.05) is 12.1 Å². The molecular weight excluding hydrogens is 280 g/mol. The minimum atomic E-state index is -0.526. The molecule has 1 atom stereocenters. The van der Waals surface area contributed by atoms with Gasteiger partial charge in [0.15, 0.2) is 0 Å². The lowest BCUT2D eigenvalue weighted by Crippen LogP contribution is -2.21. The Morgan fingerprint density at radius 2 is 2.11 bits per heavy atom. The molecule has 0 fully saturated rings. The summed E-state index contributed by atoms with van der Waals surface area (Å²) >= 11 is 7.49. The van der Waals surface area contributed by atoms with E-state index in [9.17, 15) is 5.11 Å². The smallest absolute Gasteiger partial charge is 0.0926 e. The molecule has 102 valence electrons. The van der Waals surface area contributed by atoms with Crippen molar-refractivity contribution in [3.8, 4) is 0 Å². The van der Waals surface area contributed by atoms with Crippen LogP contribution >= 0.6 is 22.9 Å². The first-order chi connectivity index (χ1) is 9.19. The number of nitrogens with one attached hydrogen (secondary N) is 1. The van der Waals surface area contributed by atoms with Crippen LogP contribution in [0, 0.1) is 0 Å². The predicted molar refractivity (Wildman–Crippen MR) is 79.6 cm³/mol. The van der Waals surface area contributed by atoms with Crippen molar-refractivity contribution in [2.45, 2.75) is 26.0 Å². The number of nitrogens with zero attached hydrogens (tertiary/aromatic N) is 1. The fraction of sp³-hybridized carbons (Fsp3) is 0.357. The fourth-order valence-corrected chi connectivity index (χ4v) is 2.60. The second kappa shape index (κ2) is 7.01. The molecule has 2 rings (SSSR count). The van der Waals surface area contributed by atoms with Crippen LogP contribution in [0.1, 0.15) is 29.3 Å². The van der Waals surface area contributed by atoms with E-state index in [1.165, 1.54) is 0 Å². The van der Waals surface area contributed by atoms with Crippen LogP contribution in [0.4, 0.5) is 0 Å². The molecule has 0 bridgehead atoms. The fourth-order valence-electron chi connectivity index (χ4n) is 1.73. The molecule has 1 aromatic carbocycles. The normalized spacial score (nSPS) is 12.6. The van der Waals surface area contributed by atoms with Gasteiger partial charge in [-0.05, 0) is 24.1 Å². The lowest BCUT2D eigenvalue weighted by molar-refractivity contribution is 0.174. The Hall–Kier alpha value is -0.940. The Balaban J connectivity index is 1.80. The number of halogens is 1. The Morgan fingerprint density at radius 3 is 2.74 bits per heavy atom. The second-order valence-corrected chi connectivity index (χ2v) is 5.66. The molecule has 5 heteroatoms. The molecule has 0 spiro atoms. The highest BCUT2D eigenvalue weighted by molar-refractivity contribution is 7.09. The van der Waals surface area contributed by atoms with Crippen molar-refractivity contribution in [2.75, 3.05) is 6.54 Å². The van der Waals surface area contributed by atoms with Crippen LogP contribution in [-0.2, 0) is 13.0 Å². The standard InChI is InChI=1S/C14H17ClN2OS/c1-2-14-17-12(9-19-14)7-16-8-13(18)10-3-5-11(15)6-4-10/h3-6,9,13,16,18H,2,7-8H2,1H3. The molecule has 0 amide bonds. The Bertz CT molecular complexity index is 512. The number of aliphatic hydroxyl groups excluding tert-OH is 1. The Labute approximate surface area is 122 Å². The summed E-state index contributed by atoms with van der Waals surface area (Å²) < 4.78 is 0. The zero-order valence-corrected chi connectivity index (χ0v) is 12.3. The zero-order valence-electron chi connectivity index (χ0n) is 10.8. The minimum Gasteiger partial charge on any atom is -0.387 e. The highest BCUT2D eigenvalue weighted by atomic mass is 35.5. The number of rotatable bonds is 6. The van der Waals surface area contributed by atoms with Crippen LogP contribution in [0.3, 0.4) is 0 Å².